The molecule has 2 aliphatic heterocycles. The van der Waals surface area contributed by atoms with Crippen LogP contribution in [0.4, 0.5) is 4.39 Å². The van der Waals surface area contributed by atoms with E-state index in [9.17, 15) is 9.50 Å². The minimum absolute atomic E-state index is 0.105. The van der Waals surface area contributed by atoms with Crippen LogP contribution < -0.4 is 10.1 Å². The molecule has 2 fully saturated rings. The standard InChI is InChI=1S/C25H24FN5O2/c26-25-20-3-1-2-17(28-20)14-22(25)33-24-7-6-19(29-30-24)18-5-4-15(12-21(18)32)16-8-10-31-11-9-27-23(31)13-16/h4-13,17,20,22,25,28,32H,1-3,14H2/t17-,20+,22-,25+/m1/s1. The summed E-state index contributed by atoms with van der Waals surface area (Å²) in [7, 11) is 0. The number of phenolic OH excluding ortho intramolecular Hbond substituents is 1. The molecule has 2 aliphatic rings. The summed E-state index contributed by atoms with van der Waals surface area (Å²) in [5.74, 6) is 0.407. The van der Waals surface area contributed by atoms with Gasteiger partial charge < -0.3 is 19.6 Å². The SMILES string of the molecule is Oc1cc(-c2ccn3ccnc3c2)ccc1-c1ccc(O[C@@H]2C[C@H]3CCC[C@H](N3)[C@@H]2F)nn1. The predicted octanol–water partition coefficient (Wildman–Crippen LogP) is 4.16. The molecule has 2 bridgehead atoms. The highest BCUT2D eigenvalue weighted by atomic mass is 19.1. The van der Waals surface area contributed by atoms with Crippen LogP contribution in [0.25, 0.3) is 28.0 Å². The van der Waals surface area contributed by atoms with Crippen LogP contribution in [0.3, 0.4) is 0 Å². The lowest BCUT2D eigenvalue weighted by Crippen LogP contribution is -2.59. The molecule has 7 nitrogen and oxygen atoms in total. The highest BCUT2D eigenvalue weighted by Gasteiger charge is 2.41. The molecule has 0 aliphatic carbocycles. The number of nitrogens with zero attached hydrogens (tertiary/aromatic N) is 4. The van der Waals surface area contributed by atoms with Gasteiger partial charge in [-0.15, -0.1) is 10.2 Å². The molecule has 4 aromatic rings. The van der Waals surface area contributed by atoms with Gasteiger partial charge in [0.1, 0.15) is 17.5 Å². The molecular formula is C25H24FN5O2. The van der Waals surface area contributed by atoms with E-state index in [1.54, 1.807) is 24.4 Å². The summed E-state index contributed by atoms with van der Waals surface area (Å²) in [6.07, 6.45) is 7.59. The van der Waals surface area contributed by atoms with Crippen LogP contribution in [-0.4, -0.2) is 49.0 Å². The fourth-order valence-corrected chi connectivity index (χ4v) is 4.97. The van der Waals surface area contributed by atoms with Crippen molar-refractivity contribution in [2.75, 3.05) is 0 Å². The molecule has 0 amide bonds. The number of ether oxygens (including phenoxy) is 1. The maximum atomic E-state index is 14.8. The maximum absolute atomic E-state index is 14.8. The van der Waals surface area contributed by atoms with Crippen molar-refractivity contribution in [2.24, 2.45) is 0 Å². The highest BCUT2D eigenvalue weighted by Crippen LogP contribution is 2.34. The van der Waals surface area contributed by atoms with Crippen LogP contribution in [0.5, 0.6) is 11.6 Å². The number of imidazole rings is 1. The molecule has 33 heavy (non-hydrogen) atoms. The minimum Gasteiger partial charge on any atom is -0.507 e. The van der Waals surface area contributed by atoms with Crippen LogP contribution >= 0.6 is 0 Å². The van der Waals surface area contributed by atoms with E-state index in [0.29, 0.717) is 29.6 Å². The normalized spacial score (nSPS) is 24.6. The van der Waals surface area contributed by atoms with Gasteiger partial charge in [0.15, 0.2) is 6.17 Å². The summed E-state index contributed by atoms with van der Waals surface area (Å²) < 4.78 is 22.6. The van der Waals surface area contributed by atoms with Gasteiger partial charge in [-0.1, -0.05) is 12.5 Å². The van der Waals surface area contributed by atoms with Gasteiger partial charge in [0.25, 0.3) is 0 Å². The third-order valence-corrected chi connectivity index (χ3v) is 6.69. The Kier molecular flexibility index (Phi) is 4.95. The second-order valence-electron chi connectivity index (χ2n) is 8.83. The van der Waals surface area contributed by atoms with Gasteiger partial charge in [0.2, 0.25) is 5.88 Å². The van der Waals surface area contributed by atoms with Crippen molar-refractivity contribution >= 4 is 5.65 Å². The van der Waals surface area contributed by atoms with Gasteiger partial charge in [-0.2, -0.15) is 0 Å². The van der Waals surface area contributed by atoms with Crippen molar-refractivity contribution < 1.29 is 14.2 Å². The third kappa shape index (κ3) is 3.80. The van der Waals surface area contributed by atoms with E-state index in [1.807, 2.05) is 41.1 Å². The lowest BCUT2D eigenvalue weighted by Gasteiger charge is -2.42. The highest BCUT2D eigenvalue weighted by molar-refractivity contribution is 5.75. The van der Waals surface area contributed by atoms with Crippen LogP contribution in [0.1, 0.15) is 25.7 Å². The van der Waals surface area contributed by atoms with Crippen LogP contribution in [0.2, 0.25) is 0 Å². The number of hydrogen-bond acceptors (Lipinski definition) is 6. The Morgan fingerprint density at radius 2 is 1.94 bits per heavy atom. The lowest BCUT2D eigenvalue weighted by molar-refractivity contribution is 0.00652. The number of aromatic hydroxyl groups is 1. The summed E-state index contributed by atoms with van der Waals surface area (Å²) in [4.78, 5) is 4.31. The molecule has 1 aromatic carbocycles. The number of pyridine rings is 1. The van der Waals surface area contributed by atoms with Crippen LogP contribution in [0.15, 0.2) is 61.1 Å². The van der Waals surface area contributed by atoms with Gasteiger partial charge in [-0.3, -0.25) is 0 Å². The fraction of sp³-hybridized carbons (Fsp3) is 0.320. The van der Waals surface area contributed by atoms with Gasteiger partial charge >= 0.3 is 0 Å². The molecule has 0 spiro atoms. The average molecular weight is 445 g/mol. The van der Waals surface area contributed by atoms with Gasteiger partial charge in [-0.25, -0.2) is 9.37 Å². The number of rotatable bonds is 4. The summed E-state index contributed by atoms with van der Waals surface area (Å²) >= 11 is 0. The zero-order valence-electron chi connectivity index (χ0n) is 17.9. The predicted molar refractivity (Wildman–Crippen MR) is 122 cm³/mol. The van der Waals surface area contributed by atoms with E-state index in [1.165, 1.54) is 0 Å². The zero-order valence-corrected chi connectivity index (χ0v) is 17.9. The Morgan fingerprint density at radius 3 is 2.79 bits per heavy atom. The van der Waals surface area contributed by atoms with E-state index in [-0.39, 0.29) is 11.8 Å². The lowest BCUT2D eigenvalue weighted by atomic mass is 9.84. The average Bonchev–Trinajstić information content (AvgIpc) is 3.31. The molecule has 168 valence electrons. The topological polar surface area (TPSA) is 84.6 Å². The first-order chi connectivity index (χ1) is 16.1. The first kappa shape index (κ1) is 20.1. The monoisotopic (exact) mass is 445 g/mol. The number of fused-ring (bicyclic) bond motifs is 3. The molecule has 2 saturated heterocycles. The Hall–Kier alpha value is -3.52. The van der Waals surface area contributed by atoms with Crippen molar-refractivity contribution in [3.05, 3.63) is 61.1 Å². The number of phenols is 1. The number of alkyl halides is 1. The summed E-state index contributed by atoms with van der Waals surface area (Å²) in [6, 6.07) is 13.0. The summed E-state index contributed by atoms with van der Waals surface area (Å²) in [5.41, 5.74) is 3.76. The van der Waals surface area contributed by atoms with Crippen molar-refractivity contribution in [3.63, 3.8) is 0 Å². The quantitative estimate of drug-likeness (QED) is 0.491. The number of halogens is 1. The zero-order chi connectivity index (χ0) is 22.4. The minimum atomic E-state index is -1.05. The fourth-order valence-electron chi connectivity index (χ4n) is 4.97. The number of benzene rings is 1. The smallest absolute Gasteiger partial charge is 0.233 e. The number of piperidine rings is 2. The van der Waals surface area contributed by atoms with Gasteiger partial charge in [-0.05, 0) is 54.3 Å². The van der Waals surface area contributed by atoms with Crippen LogP contribution in [0, 0.1) is 0 Å². The van der Waals surface area contributed by atoms with E-state index < -0.39 is 12.3 Å². The van der Waals surface area contributed by atoms with Crippen LogP contribution in [-0.2, 0) is 0 Å². The number of nitrogens with one attached hydrogen (secondary N) is 1. The Bertz CT molecular complexity index is 1290. The second-order valence-corrected chi connectivity index (χ2v) is 8.83. The van der Waals surface area contributed by atoms with E-state index in [4.69, 9.17) is 4.74 Å². The van der Waals surface area contributed by atoms with Gasteiger partial charge in [0.05, 0.1) is 5.69 Å². The molecular weight excluding hydrogens is 421 g/mol. The molecule has 4 atom stereocenters. The largest absolute Gasteiger partial charge is 0.507 e. The molecule has 0 radical (unpaired) electrons. The Morgan fingerprint density at radius 1 is 1.03 bits per heavy atom. The van der Waals surface area contributed by atoms with Crippen molar-refractivity contribution in [1.29, 1.82) is 0 Å². The second kappa shape index (κ2) is 8.12. The number of hydrogen-bond donors (Lipinski definition) is 2. The molecule has 0 saturated carbocycles. The van der Waals surface area contributed by atoms with Crippen molar-refractivity contribution in [3.8, 4) is 34.0 Å². The number of aromatic nitrogens is 4. The van der Waals surface area contributed by atoms with E-state index >= 15 is 0 Å². The Balaban J connectivity index is 1.20. The molecule has 0 unspecified atom stereocenters. The van der Waals surface area contributed by atoms with Crippen molar-refractivity contribution in [2.45, 2.75) is 50.0 Å². The summed E-state index contributed by atoms with van der Waals surface area (Å²) in [6.45, 7) is 0. The maximum Gasteiger partial charge on any atom is 0.233 e. The summed E-state index contributed by atoms with van der Waals surface area (Å²) in [5, 5.41) is 22.4. The van der Waals surface area contributed by atoms with E-state index in [0.717, 1.165) is 36.0 Å². The molecule has 6 rings (SSSR count). The van der Waals surface area contributed by atoms with Gasteiger partial charge in [0, 0.05) is 48.7 Å². The molecule has 8 heteroatoms. The Labute approximate surface area is 190 Å². The third-order valence-electron chi connectivity index (χ3n) is 6.69. The molecule has 3 aromatic heterocycles. The molecule has 5 heterocycles. The first-order valence-electron chi connectivity index (χ1n) is 11.3. The van der Waals surface area contributed by atoms with E-state index in [2.05, 4.69) is 20.5 Å². The first-order valence-corrected chi connectivity index (χ1v) is 11.3. The molecule has 2 N–H and O–H groups in total. The van der Waals surface area contributed by atoms with Crippen molar-refractivity contribution in [1.82, 2.24) is 24.9 Å².